The second-order valence-corrected chi connectivity index (χ2v) is 10.4. The summed E-state index contributed by atoms with van der Waals surface area (Å²) in [6.07, 6.45) is 4.25. The molecule has 8 nitrogen and oxygen atoms in total. The van der Waals surface area contributed by atoms with Gasteiger partial charge in [0.15, 0.2) is 0 Å². The van der Waals surface area contributed by atoms with Crippen LogP contribution in [0.2, 0.25) is 0 Å². The van der Waals surface area contributed by atoms with E-state index >= 15 is 0 Å². The van der Waals surface area contributed by atoms with Crippen LogP contribution >= 0.6 is 11.9 Å². The molecule has 2 atom stereocenters. The van der Waals surface area contributed by atoms with Crippen molar-refractivity contribution in [3.05, 3.63) is 60.4 Å². The molecule has 0 spiro atoms. The summed E-state index contributed by atoms with van der Waals surface area (Å²) in [5, 5.41) is 0. The van der Waals surface area contributed by atoms with Crippen LogP contribution in [0, 0.1) is 0 Å². The van der Waals surface area contributed by atoms with Gasteiger partial charge in [0.25, 0.3) is 0 Å². The van der Waals surface area contributed by atoms with E-state index in [0.29, 0.717) is 5.88 Å². The highest BCUT2D eigenvalue weighted by Crippen LogP contribution is 2.33. The van der Waals surface area contributed by atoms with Crippen molar-refractivity contribution in [2.24, 2.45) is 0 Å². The van der Waals surface area contributed by atoms with Gasteiger partial charge in [-0.3, -0.25) is 9.88 Å². The number of benzene rings is 1. The van der Waals surface area contributed by atoms with Crippen molar-refractivity contribution in [1.82, 2.24) is 14.9 Å². The van der Waals surface area contributed by atoms with E-state index in [0.717, 1.165) is 73.5 Å². The summed E-state index contributed by atoms with van der Waals surface area (Å²) in [4.78, 5) is 14.8. The summed E-state index contributed by atoms with van der Waals surface area (Å²) < 4.78 is 20.3. The van der Waals surface area contributed by atoms with Gasteiger partial charge in [0.05, 0.1) is 55.0 Å². The Morgan fingerprint density at radius 3 is 2.51 bits per heavy atom. The summed E-state index contributed by atoms with van der Waals surface area (Å²) in [6.45, 7) is 10.4. The molecular formula is C28H35N5O3S. The Labute approximate surface area is 223 Å². The molecule has 0 amide bonds. The lowest BCUT2D eigenvalue weighted by Crippen LogP contribution is -2.44. The number of methoxy groups -OCH3 is 1. The van der Waals surface area contributed by atoms with E-state index < -0.39 is 0 Å². The number of aromatic nitrogens is 2. The Bertz CT molecular complexity index is 1160. The molecule has 1 aromatic carbocycles. The summed E-state index contributed by atoms with van der Waals surface area (Å²) in [6, 6.07) is 14.9. The van der Waals surface area contributed by atoms with Crippen molar-refractivity contribution in [2.75, 3.05) is 56.1 Å². The predicted octanol–water partition coefficient (Wildman–Crippen LogP) is 4.72. The minimum atomic E-state index is 0.276. The molecule has 2 aliphatic heterocycles. The molecule has 2 saturated heterocycles. The number of hydrogen-bond donors (Lipinski definition) is 1. The standard InChI is InChI=1S/C28H35N5O3S/c1-20-17-32(18-21(2)36-20)19-22-4-6-23(7-5-22)26-14-24(8-9-29-26)31-37-27-15-25(16-30-28(27)34-3)33-10-12-35-13-11-33/h4-9,14-16,20-21H,10-13,17-19H2,1-3H3,(H,29,31). The lowest BCUT2D eigenvalue weighted by atomic mass is 10.1. The maximum atomic E-state index is 5.86. The topological polar surface area (TPSA) is 72.0 Å². The molecule has 37 heavy (non-hydrogen) atoms. The fourth-order valence-electron chi connectivity index (χ4n) is 4.86. The Morgan fingerprint density at radius 1 is 1.03 bits per heavy atom. The van der Waals surface area contributed by atoms with Gasteiger partial charge in [0, 0.05) is 50.2 Å². The highest BCUT2D eigenvalue weighted by molar-refractivity contribution is 8.00. The largest absolute Gasteiger partial charge is 0.480 e. The van der Waals surface area contributed by atoms with Crippen molar-refractivity contribution in [3.8, 4) is 17.1 Å². The number of hydrogen-bond acceptors (Lipinski definition) is 9. The average Bonchev–Trinajstić information content (AvgIpc) is 2.92. The maximum Gasteiger partial charge on any atom is 0.229 e. The van der Waals surface area contributed by atoms with Gasteiger partial charge in [-0.1, -0.05) is 24.3 Å². The summed E-state index contributed by atoms with van der Waals surface area (Å²) in [7, 11) is 1.65. The van der Waals surface area contributed by atoms with Gasteiger partial charge in [-0.05, 0) is 49.6 Å². The number of pyridine rings is 2. The van der Waals surface area contributed by atoms with Crippen molar-refractivity contribution in [3.63, 3.8) is 0 Å². The average molecular weight is 522 g/mol. The first kappa shape index (κ1) is 25.8. The molecule has 0 radical (unpaired) electrons. The quantitative estimate of drug-likeness (QED) is 0.424. The van der Waals surface area contributed by atoms with Crippen LogP contribution in [0.3, 0.4) is 0 Å². The molecule has 2 fully saturated rings. The van der Waals surface area contributed by atoms with Gasteiger partial charge in [-0.25, -0.2) is 4.98 Å². The zero-order chi connectivity index (χ0) is 25.6. The van der Waals surface area contributed by atoms with Crippen LogP contribution < -0.4 is 14.4 Å². The molecule has 2 aromatic heterocycles. The van der Waals surface area contributed by atoms with E-state index in [2.05, 4.69) is 74.7 Å². The van der Waals surface area contributed by atoms with Crippen LogP contribution in [0.4, 0.5) is 11.4 Å². The molecule has 0 saturated carbocycles. The fourth-order valence-corrected chi connectivity index (χ4v) is 5.62. The van der Waals surface area contributed by atoms with Crippen LogP contribution in [-0.4, -0.2) is 73.6 Å². The van der Waals surface area contributed by atoms with Gasteiger partial charge in [0.1, 0.15) is 0 Å². The van der Waals surface area contributed by atoms with Gasteiger partial charge in [-0.2, -0.15) is 0 Å². The van der Waals surface area contributed by atoms with Crippen molar-refractivity contribution in [1.29, 1.82) is 0 Å². The molecule has 3 aromatic rings. The molecule has 1 N–H and O–H groups in total. The third kappa shape index (κ3) is 6.73. The Hall–Kier alpha value is -2.85. The van der Waals surface area contributed by atoms with Crippen molar-refractivity contribution < 1.29 is 14.2 Å². The maximum absolute atomic E-state index is 5.86. The smallest absolute Gasteiger partial charge is 0.229 e. The van der Waals surface area contributed by atoms with Gasteiger partial charge in [-0.15, -0.1) is 0 Å². The number of anilines is 2. The monoisotopic (exact) mass is 521 g/mol. The minimum Gasteiger partial charge on any atom is -0.480 e. The zero-order valence-corrected chi connectivity index (χ0v) is 22.5. The Balaban J connectivity index is 1.24. The zero-order valence-electron chi connectivity index (χ0n) is 21.7. The lowest BCUT2D eigenvalue weighted by Gasteiger charge is -2.35. The molecular weight excluding hydrogens is 486 g/mol. The van der Waals surface area contributed by atoms with E-state index in [4.69, 9.17) is 14.2 Å². The van der Waals surface area contributed by atoms with Gasteiger partial charge >= 0.3 is 0 Å². The van der Waals surface area contributed by atoms with Gasteiger partial charge < -0.3 is 23.8 Å². The molecule has 2 aliphatic rings. The minimum absolute atomic E-state index is 0.276. The highest BCUT2D eigenvalue weighted by atomic mass is 32.2. The van der Waals surface area contributed by atoms with Crippen LogP contribution in [0.15, 0.2) is 59.8 Å². The first-order valence-electron chi connectivity index (χ1n) is 12.8. The van der Waals surface area contributed by atoms with Crippen LogP contribution in [0.25, 0.3) is 11.3 Å². The second-order valence-electron chi connectivity index (χ2n) is 9.58. The Kier molecular flexibility index (Phi) is 8.45. The first-order chi connectivity index (χ1) is 18.1. The van der Waals surface area contributed by atoms with E-state index in [1.807, 2.05) is 18.5 Å². The third-order valence-electron chi connectivity index (χ3n) is 6.56. The number of nitrogens with zero attached hydrogens (tertiary/aromatic N) is 4. The first-order valence-corrected chi connectivity index (χ1v) is 13.6. The summed E-state index contributed by atoms with van der Waals surface area (Å²) in [5.41, 5.74) is 5.36. The van der Waals surface area contributed by atoms with Gasteiger partial charge in [0.2, 0.25) is 5.88 Å². The molecule has 9 heteroatoms. The number of rotatable bonds is 8. The van der Waals surface area contributed by atoms with Crippen LogP contribution in [0.5, 0.6) is 5.88 Å². The second kappa shape index (κ2) is 12.1. The van der Waals surface area contributed by atoms with E-state index in [9.17, 15) is 0 Å². The normalized spacial score (nSPS) is 20.6. The molecule has 196 valence electrons. The number of ether oxygens (including phenoxy) is 3. The van der Waals surface area contributed by atoms with E-state index in [-0.39, 0.29) is 12.2 Å². The molecule has 0 aliphatic carbocycles. The van der Waals surface area contributed by atoms with Crippen LogP contribution in [-0.2, 0) is 16.0 Å². The fraction of sp³-hybridized carbons (Fsp3) is 0.429. The van der Waals surface area contributed by atoms with Crippen molar-refractivity contribution in [2.45, 2.75) is 37.5 Å². The molecule has 5 rings (SSSR count). The molecule has 0 bridgehead atoms. The molecule has 4 heterocycles. The Morgan fingerprint density at radius 2 is 1.78 bits per heavy atom. The number of morpholine rings is 2. The van der Waals surface area contributed by atoms with Crippen LogP contribution in [0.1, 0.15) is 19.4 Å². The SMILES string of the molecule is COc1ncc(N2CCOCC2)cc1SNc1ccnc(-c2ccc(CN3CC(C)OC(C)C3)cc2)c1. The summed E-state index contributed by atoms with van der Waals surface area (Å²) >= 11 is 1.49. The van der Waals surface area contributed by atoms with Crippen molar-refractivity contribution >= 4 is 23.3 Å². The summed E-state index contributed by atoms with van der Waals surface area (Å²) in [5.74, 6) is 0.600. The number of nitrogens with one attached hydrogen (secondary N) is 1. The van der Waals surface area contributed by atoms with E-state index in [1.54, 1.807) is 7.11 Å². The lowest BCUT2D eigenvalue weighted by molar-refractivity contribution is -0.0704. The highest BCUT2D eigenvalue weighted by Gasteiger charge is 2.22. The predicted molar refractivity (Wildman–Crippen MR) is 148 cm³/mol. The third-order valence-corrected chi connectivity index (χ3v) is 7.41. The van der Waals surface area contributed by atoms with E-state index in [1.165, 1.54) is 17.5 Å². The molecule has 2 unspecified atom stereocenters.